The first kappa shape index (κ1) is 10.4. The lowest BCUT2D eigenvalue weighted by Crippen LogP contribution is -2.32. The van der Waals surface area contributed by atoms with Crippen molar-refractivity contribution in [2.75, 3.05) is 26.8 Å². The Labute approximate surface area is 86.2 Å². The first-order valence-corrected chi connectivity index (χ1v) is 5.75. The van der Waals surface area contributed by atoms with E-state index in [4.69, 9.17) is 9.47 Å². The summed E-state index contributed by atoms with van der Waals surface area (Å²) in [6, 6.07) is 0. The Morgan fingerprint density at radius 3 is 3.07 bits per heavy atom. The zero-order chi connectivity index (χ0) is 9.86. The third kappa shape index (κ3) is 2.27. The predicted octanol–water partition coefficient (Wildman–Crippen LogP) is 1.32. The first-order valence-electron chi connectivity index (χ1n) is 5.75. The largest absolute Gasteiger partial charge is 0.381 e. The molecule has 0 aromatic heterocycles. The van der Waals surface area contributed by atoms with E-state index in [9.17, 15) is 0 Å². The van der Waals surface area contributed by atoms with E-state index in [-0.39, 0.29) is 5.60 Å². The van der Waals surface area contributed by atoms with Gasteiger partial charge in [-0.15, -0.1) is 0 Å². The highest BCUT2D eigenvalue weighted by molar-refractivity contribution is 4.90. The monoisotopic (exact) mass is 199 g/mol. The van der Waals surface area contributed by atoms with Crippen molar-refractivity contribution in [1.29, 1.82) is 0 Å². The molecule has 2 saturated heterocycles. The van der Waals surface area contributed by atoms with E-state index < -0.39 is 0 Å². The molecular weight excluding hydrogens is 178 g/mol. The van der Waals surface area contributed by atoms with Gasteiger partial charge in [0.2, 0.25) is 0 Å². The Hall–Kier alpha value is -0.120. The van der Waals surface area contributed by atoms with Crippen LogP contribution in [0.5, 0.6) is 0 Å². The van der Waals surface area contributed by atoms with E-state index in [0.29, 0.717) is 6.10 Å². The van der Waals surface area contributed by atoms with Gasteiger partial charge in [0.15, 0.2) is 0 Å². The van der Waals surface area contributed by atoms with Gasteiger partial charge in [0.05, 0.1) is 11.7 Å². The lowest BCUT2D eigenvalue weighted by atomic mass is 9.91. The summed E-state index contributed by atoms with van der Waals surface area (Å²) < 4.78 is 11.6. The second kappa shape index (κ2) is 4.60. The smallest absolute Gasteiger partial charge is 0.0710 e. The van der Waals surface area contributed by atoms with Crippen molar-refractivity contribution in [3.8, 4) is 0 Å². The molecule has 0 bridgehead atoms. The molecule has 2 heterocycles. The van der Waals surface area contributed by atoms with E-state index in [1.807, 2.05) is 7.05 Å². The van der Waals surface area contributed by atoms with Crippen LogP contribution < -0.4 is 5.32 Å². The number of hydrogen-bond donors (Lipinski definition) is 1. The molecular formula is C11H21NO2. The molecule has 1 N–H and O–H groups in total. The summed E-state index contributed by atoms with van der Waals surface area (Å²) in [7, 11) is 1.99. The number of nitrogens with one attached hydrogen (secondary N) is 1. The van der Waals surface area contributed by atoms with E-state index in [2.05, 4.69) is 5.32 Å². The number of likely N-dealkylation sites (N-methyl/N-ethyl adjacent to an activating group) is 1. The molecule has 0 radical (unpaired) electrons. The van der Waals surface area contributed by atoms with E-state index in [0.717, 1.165) is 32.6 Å². The number of hydrogen-bond acceptors (Lipinski definition) is 3. The van der Waals surface area contributed by atoms with Gasteiger partial charge >= 0.3 is 0 Å². The predicted molar refractivity (Wildman–Crippen MR) is 55.4 cm³/mol. The Bertz CT molecular complexity index is 176. The fourth-order valence-electron chi connectivity index (χ4n) is 2.62. The quantitative estimate of drug-likeness (QED) is 0.727. The van der Waals surface area contributed by atoms with Crippen molar-refractivity contribution in [2.24, 2.45) is 0 Å². The van der Waals surface area contributed by atoms with Gasteiger partial charge in [-0.1, -0.05) is 0 Å². The fraction of sp³-hybridized carbons (Fsp3) is 1.00. The molecule has 0 amide bonds. The Kier molecular flexibility index (Phi) is 3.42. The molecule has 2 rings (SSSR count). The number of rotatable bonds is 2. The van der Waals surface area contributed by atoms with Crippen LogP contribution in [0.4, 0.5) is 0 Å². The normalized spacial score (nSPS) is 38.8. The van der Waals surface area contributed by atoms with Crippen LogP contribution in [0, 0.1) is 0 Å². The van der Waals surface area contributed by atoms with E-state index in [1.54, 1.807) is 0 Å². The minimum absolute atomic E-state index is 0.165. The van der Waals surface area contributed by atoms with E-state index in [1.165, 1.54) is 19.3 Å². The van der Waals surface area contributed by atoms with Crippen molar-refractivity contribution in [1.82, 2.24) is 5.32 Å². The van der Waals surface area contributed by atoms with Crippen molar-refractivity contribution < 1.29 is 9.47 Å². The average Bonchev–Trinajstić information content (AvgIpc) is 2.43. The summed E-state index contributed by atoms with van der Waals surface area (Å²) in [5, 5.41) is 3.19. The van der Waals surface area contributed by atoms with Gasteiger partial charge in [0.25, 0.3) is 0 Å². The molecule has 3 nitrogen and oxygen atoms in total. The maximum Gasteiger partial charge on any atom is 0.0710 e. The first-order chi connectivity index (χ1) is 6.85. The summed E-state index contributed by atoms with van der Waals surface area (Å²) in [6.45, 7) is 2.79. The van der Waals surface area contributed by atoms with E-state index >= 15 is 0 Å². The highest BCUT2D eigenvalue weighted by Crippen LogP contribution is 2.38. The van der Waals surface area contributed by atoms with Crippen molar-refractivity contribution in [3.63, 3.8) is 0 Å². The van der Waals surface area contributed by atoms with Gasteiger partial charge in [-0.25, -0.2) is 0 Å². The van der Waals surface area contributed by atoms with Crippen molar-refractivity contribution in [3.05, 3.63) is 0 Å². The topological polar surface area (TPSA) is 30.5 Å². The maximum atomic E-state index is 6.17. The van der Waals surface area contributed by atoms with Gasteiger partial charge in [-0.2, -0.15) is 0 Å². The molecule has 2 atom stereocenters. The van der Waals surface area contributed by atoms with Gasteiger partial charge in [0, 0.05) is 19.8 Å². The Balaban J connectivity index is 1.89. The second-order valence-corrected chi connectivity index (χ2v) is 4.49. The van der Waals surface area contributed by atoms with Gasteiger partial charge < -0.3 is 14.8 Å². The van der Waals surface area contributed by atoms with Crippen LogP contribution in [-0.2, 0) is 9.47 Å². The van der Waals surface area contributed by atoms with Crippen LogP contribution in [0.25, 0.3) is 0 Å². The molecule has 0 aromatic carbocycles. The standard InChI is InChI=1S/C11H21NO2/c1-12-9-10-3-5-11(14-10)4-2-7-13-8-6-11/h10,12H,2-9H2,1H3. The summed E-state index contributed by atoms with van der Waals surface area (Å²) >= 11 is 0. The molecule has 3 heteroatoms. The maximum absolute atomic E-state index is 6.17. The van der Waals surface area contributed by atoms with Crippen LogP contribution >= 0.6 is 0 Å². The summed E-state index contributed by atoms with van der Waals surface area (Å²) in [6.07, 6.45) is 6.30. The zero-order valence-corrected chi connectivity index (χ0v) is 9.05. The van der Waals surface area contributed by atoms with Crippen LogP contribution in [0.15, 0.2) is 0 Å². The highest BCUT2D eigenvalue weighted by atomic mass is 16.5. The SMILES string of the molecule is CNCC1CCC2(CCCOCC2)O1. The lowest BCUT2D eigenvalue weighted by molar-refractivity contribution is -0.0511. The van der Waals surface area contributed by atoms with Crippen LogP contribution in [0.3, 0.4) is 0 Å². The fourth-order valence-corrected chi connectivity index (χ4v) is 2.62. The highest BCUT2D eigenvalue weighted by Gasteiger charge is 2.39. The van der Waals surface area contributed by atoms with Crippen LogP contribution in [0.1, 0.15) is 32.1 Å². The summed E-state index contributed by atoms with van der Waals surface area (Å²) in [4.78, 5) is 0. The molecule has 0 aliphatic carbocycles. The van der Waals surface area contributed by atoms with Crippen LogP contribution in [-0.4, -0.2) is 38.5 Å². The van der Waals surface area contributed by atoms with Gasteiger partial charge in [-0.3, -0.25) is 0 Å². The number of ether oxygens (including phenoxy) is 2. The molecule has 1 spiro atoms. The summed E-state index contributed by atoms with van der Waals surface area (Å²) in [5.74, 6) is 0. The van der Waals surface area contributed by atoms with Crippen molar-refractivity contribution >= 4 is 0 Å². The molecule has 14 heavy (non-hydrogen) atoms. The molecule has 2 aliphatic rings. The Morgan fingerprint density at radius 2 is 2.21 bits per heavy atom. The third-order valence-corrected chi connectivity index (χ3v) is 3.39. The molecule has 0 saturated carbocycles. The Morgan fingerprint density at radius 1 is 1.29 bits per heavy atom. The minimum Gasteiger partial charge on any atom is -0.381 e. The molecule has 2 fully saturated rings. The van der Waals surface area contributed by atoms with Crippen molar-refractivity contribution in [2.45, 2.75) is 43.8 Å². The summed E-state index contributed by atoms with van der Waals surface area (Å²) in [5.41, 5.74) is 0.165. The van der Waals surface area contributed by atoms with Gasteiger partial charge in [-0.05, 0) is 39.2 Å². The van der Waals surface area contributed by atoms with Crippen LogP contribution in [0.2, 0.25) is 0 Å². The molecule has 2 aliphatic heterocycles. The average molecular weight is 199 g/mol. The molecule has 82 valence electrons. The lowest BCUT2D eigenvalue weighted by Gasteiger charge is -2.27. The third-order valence-electron chi connectivity index (χ3n) is 3.39. The second-order valence-electron chi connectivity index (χ2n) is 4.49. The molecule has 0 aromatic rings. The minimum atomic E-state index is 0.165. The van der Waals surface area contributed by atoms with Gasteiger partial charge in [0.1, 0.15) is 0 Å². The molecule has 2 unspecified atom stereocenters. The zero-order valence-electron chi connectivity index (χ0n) is 9.05.